The predicted octanol–water partition coefficient (Wildman–Crippen LogP) is 3.92. The fourth-order valence-electron chi connectivity index (χ4n) is 3.08. The van der Waals surface area contributed by atoms with Gasteiger partial charge in [0.2, 0.25) is 0 Å². The quantitative estimate of drug-likeness (QED) is 0.896. The molecule has 4 heteroatoms. The summed E-state index contributed by atoms with van der Waals surface area (Å²) in [5.41, 5.74) is 7.45. The molecule has 0 bridgehead atoms. The second-order valence-corrected chi connectivity index (χ2v) is 8.29. The number of nitrogens with zero attached hydrogens (tertiary/aromatic N) is 2. The minimum atomic E-state index is 0.163. The molecule has 0 radical (unpaired) electrons. The van der Waals surface area contributed by atoms with E-state index in [0.29, 0.717) is 12.1 Å². The Morgan fingerprint density at radius 2 is 1.95 bits per heavy atom. The Morgan fingerprint density at radius 3 is 2.48 bits per heavy atom. The summed E-state index contributed by atoms with van der Waals surface area (Å²) in [6, 6.07) is 1.13. The molecule has 1 saturated carbocycles. The van der Waals surface area contributed by atoms with E-state index in [2.05, 4.69) is 38.0 Å². The Balaban J connectivity index is 2.00. The van der Waals surface area contributed by atoms with Gasteiger partial charge in [-0.2, -0.15) is 0 Å². The lowest BCUT2D eigenvalue weighted by Crippen LogP contribution is -2.41. The van der Waals surface area contributed by atoms with Gasteiger partial charge in [-0.15, -0.1) is 11.3 Å². The van der Waals surface area contributed by atoms with E-state index in [0.717, 1.165) is 6.54 Å². The zero-order chi connectivity index (χ0) is 15.5. The Morgan fingerprint density at radius 1 is 1.29 bits per heavy atom. The highest BCUT2D eigenvalue weighted by Crippen LogP contribution is 2.28. The number of hydrogen-bond acceptors (Lipinski definition) is 4. The van der Waals surface area contributed by atoms with Gasteiger partial charge in [-0.3, -0.25) is 4.90 Å². The molecule has 2 rings (SSSR count). The van der Waals surface area contributed by atoms with Crippen LogP contribution in [0.25, 0.3) is 0 Å². The van der Waals surface area contributed by atoms with Crippen molar-refractivity contribution in [3.63, 3.8) is 0 Å². The molecule has 0 amide bonds. The molecule has 21 heavy (non-hydrogen) atoms. The summed E-state index contributed by atoms with van der Waals surface area (Å²) in [6.07, 6.45) is 6.05. The van der Waals surface area contributed by atoms with E-state index in [1.54, 1.807) is 11.3 Å². The van der Waals surface area contributed by atoms with Crippen molar-refractivity contribution in [2.24, 2.45) is 5.73 Å². The zero-order valence-electron chi connectivity index (χ0n) is 14.1. The fourth-order valence-corrected chi connectivity index (χ4v) is 3.98. The molecule has 0 unspecified atom stereocenters. The van der Waals surface area contributed by atoms with Crippen LogP contribution in [0.1, 0.15) is 70.5 Å². The van der Waals surface area contributed by atoms with Crippen molar-refractivity contribution in [3.8, 4) is 0 Å². The van der Waals surface area contributed by atoms with Crippen LogP contribution < -0.4 is 5.73 Å². The topological polar surface area (TPSA) is 42.2 Å². The van der Waals surface area contributed by atoms with Gasteiger partial charge in [0, 0.05) is 29.4 Å². The highest BCUT2D eigenvalue weighted by Gasteiger charge is 2.25. The fraction of sp³-hybridized carbons (Fsp3) is 0.824. The van der Waals surface area contributed by atoms with Crippen LogP contribution in [0.15, 0.2) is 5.38 Å². The first-order chi connectivity index (χ1) is 9.90. The van der Waals surface area contributed by atoms with Gasteiger partial charge >= 0.3 is 0 Å². The number of hydrogen-bond donors (Lipinski definition) is 1. The van der Waals surface area contributed by atoms with Crippen LogP contribution in [0.4, 0.5) is 0 Å². The molecular formula is C17H31N3S. The first-order valence-corrected chi connectivity index (χ1v) is 9.22. The van der Waals surface area contributed by atoms with E-state index in [1.165, 1.54) is 49.4 Å². The Bertz CT molecular complexity index is 427. The number of aromatic nitrogens is 1. The summed E-state index contributed by atoms with van der Waals surface area (Å²) in [5.74, 6) is 0. The van der Waals surface area contributed by atoms with Crippen LogP contribution >= 0.6 is 11.3 Å². The van der Waals surface area contributed by atoms with Gasteiger partial charge < -0.3 is 5.73 Å². The minimum Gasteiger partial charge on any atom is -0.328 e. The molecule has 3 nitrogen and oxygen atoms in total. The van der Waals surface area contributed by atoms with E-state index in [1.807, 2.05) is 0 Å². The molecule has 0 saturated heterocycles. The number of rotatable bonds is 5. The van der Waals surface area contributed by atoms with E-state index in [-0.39, 0.29) is 5.41 Å². The largest absolute Gasteiger partial charge is 0.328 e. The average Bonchev–Trinajstić information content (AvgIpc) is 2.88. The van der Waals surface area contributed by atoms with Crippen molar-refractivity contribution in [2.75, 3.05) is 6.54 Å². The molecule has 1 aliphatic carbocycles. The van der Waals surface area contributed by atoms with Gasteiger partial charge in [0.25, 0.3) is 0 Å². The monoisotopic (exact) mass is 309 g/mol. The van der Waals surface area contributed by atoms with Crippen LogP contribution in [0.3, 0.4) is 0 Å². The van der Waals surface area contributed by atoms with E-state index >= 15 is 0 Å². The van der Waals surface area contributed by atoms with Crippen LogP contribution in [-0.2, 0) is 12.0 Å². The first kappa shape index (κ1) is 16.9. The van der Waals surface area contributed by atoms with E-state index < -0.39 is 0 Å². The lowest BCUT2D eigenvalue weighted by molar-refractivity contribution is 0.140. The lowest BCUT2D eigenvalue weighted by Gasteiger charge is -2.35. The Kier molecular flexibility index (Phi) is 5.81. The maximum absolute atomic E-state index is 6.05. The lowest BCUT2D eigenvalue weighted by atomic mass is 9.90. The van der Waals surface area contributed by atoms with Crippen LogP contribution in [0.5, 0.6) is 0 Å². The number of nitrogens with two attached hydrogens (primary N) is 1. The maximum atomic E-state index is 6.05. The van der Waals surface area contributed by atoms with Gasteiger partial charge in [0.05, 0.1) is 10.7 Å². The van der Waals surface area contributed by atoms with Gasteiger partial charge in [0.1, 0.15) is 0 Å². The predicted molar refractivity (Wildman–Crippen MR) is 91.7 cm³/mol. The summed E-state index contributed by atoms with van der Waals surface area (Å²) >= 11 is 1.81. The first-order valence-electron chi connectivity index (χ1n) is 8.34. The average molecular weight is 310 g/mol. The third kappa shape index (κ3) is 4.76. The third-order valence-corrected chi connectivity index (χ3v) is 5.64. The molecule has 120 valence electrons. The summed E-state index contributed by atoms with van der Waals surface area (Å²) in [4.78, 5) is 7.50. The van der Waals surface area contributed by atoms with Crippen LogP contribution in [0, 0.1) is 0 Å². The van der Waals surface area contributed by atoms with Crippen molar-refractivity contribution in [3.05, 3.63) is 16.1 Å². The normalized spacial score (nSPS) is 23.7. The zero-order valence-corrected chi connectivity index (χ0v) is 14.9. The summed E-state index contributed by atoms with van der Waals surface area (Å²) in [5, 5.41) is 3.50. The molecule has 1 aromatic heterocycles. The molecule has 1 fully saturated rings. The van der Waals surface area contributed by atoms with Crippen molar-refractivity contribution in [2.45, 2.75) is 83.8 Å². The van der Waals surface area contributed by atoms with Crippen molar-refractivity contribution >= 4 is 11.3 Å². The molecule has 1 heterocycles. The van der Waals surface area contributed by atoms with Gasteiger partial charge in [-0.1, -0.05) is 27.7 Å². The summed E-state index contributed by atoms with van der Waals surface area (Å²) < 4.78 is 0. The molecule has 0 atom stereocenters. The Hall–Kier alpha value is -0.450. The summed E-state index contributed by atoms with van der Waals surface area (Å²) in [6.45, 7) is 11.2. The molecule has 1 aliphatic rings. The van der Waals surface area contributed by atoms with Gasteiger partial charge in [-0.25, -0.2) is 4.98 Å². The van der Waals surface area contributed by atoms with Crippen molar-refractivity contribution in [1.29, 1.82) is 0 Å². The van der Waals surface area contributed by atoms with Gasteiger partial charge in [-0.05, 0) is 38.6 Å². The van der Waals surface area contributed by atoms with E-state index in [9.17, 15) is 0 Å². The molecule has 0 aromatic carbocycles. The molecule has 2 N–H and O–H groups in total. The second kappa shape index (κ2) is 7.21. The smallest absolute Gasteiger partial charge is 0.0982 e. The summed E-state index contributed by atoms with van der Waals surface area (Å²) in [7, 11) is 0. The van der Waals surface area contributed by atoms with Gasteiger partial charge in [0.15, 0.2) is 0 Å². The standard InChI is InChI=1S/C17H31N3S/c1-5-10-20(15-8-6-13(18)7-9-15)11-14-12-21-16(19-14)17(2,3)4/h12-13,15H,5-11,18H2,1-4H3. The highest BCUT2D eigenvalue weighted by molar-refractivity contribution is 7.09. The minimum absolute atomic E-state index is 0.163. The Labute approximate surface area is 133 Å². The molecule has 0 aliphatic heterocycles. The molecular weight excluding hydrogens is 278 g/mol. The van der Waals surface area contributed by atoms with Crippen molar-refractivity contribution < 1.29 is 0 Å². The van der Waals surface area contributed by atoms with E-state index in [4.69, 9.17) is 10.7 Å². The number of thiazole rings is 1. The van der Waals surface area contributed by atoms with Crippen LogP contribution in [-0.4, -0.2) is 28.5 Å². The van der Waals surface area contributed by atoms with Crippen molar-refractivity contribution in [1.82, 2.24) is 9.88 Å². The SMILES string of the molecule is CCCN(Cc1csc(C(C)(C)C)n1)C1CCC(N)CC1. The maximum Gasteiger partial charge on any atom is 0.0982 e. The molecule has 0 spiro atoms. The molecule has 1 aromatic rings. The van der Waals surface area contributed by atoms with Crippen LogP contribution in [0.2, 0.25) is 0 Å². The third-order valence-electron chi connectivity index (χ3n) is 4.33. The highest BCUT2D eigenvalue weighted by atomic mass is 32.1. The second-order valence-electron chi connectivity index (χ2n) is 7.43.